The molecule has 114 valence electrons. The Kier molecular flexibility index (Phi) is 6.55. The van der Waals surface area contributed by atoms with Gasteiger partial charge in [-0.3, -0.25) is 4.79 Å². The van der Waals surface area contributed by atoms with Gasteiger partial charge in [0.25, 0.3) is 0 Å². The Balaban J connectivity index is 1.49. The van der Waals surface area contributed by atoms with Crippen molar-refractivity contribution in [3.63, 3.8) is 0 Å². The minimum atomic E-state index is 0.105. The molecule has 3 heteroatoms. The smallest absolute Gasteiger partial charge is 0.240 e. The highest BCUT2D eigenvalue weighted by molar-refractivity contribution is 5.90. The van der Waals surface area contributed by atoms with Crippen LogP contribution in [0, 0.1) is 11.8 Å². The van der Waals surface area contributed by atoms with Crippen LogP contribution in [-0.2, 0) is 4.79 Å². The van der Waals surface area contributed by atoms with Gasteiger partial charge in [0.2, 0.25) is 5.91 Å². The molecular formula is C17H30N2O. The van der Waals surface area contributed by atoms with E-state index in [-0.39, 0.29) is 5.91 Å². The minimum Gasteiger partial charge on any atom is -0.273 e. The largest absolute Gasteiger partial charge is 0.273 e. The molecule has 0 aromatic heterocycles. The molecule has 2 aliphatic carbocycles. The summed E-state index contributed by atoms with van der Waals surface area (Å²) in [6.45, 7) is 2.24. The third-order valence-electron chi connectivity index (χ3n) is 4.84. The van der Waals surface area contributed by atoms with E-state index in [0.29, 0.717) is 12.3 Å². The van der Waals surface area contributed by atoms with Crippen molar-refractivity contribution >= 4 is 11.6 Å². The Hall–Kier alpha value is -0.860. The number of hydrazone groups is 1. The molecule has 0 aliphatic heterocycles. The van der Waals surface area contributed by atoms with Gasteiger partial charge >= 0.3 is 0 Å². The van der Waals surface area contributed by atoms with Crippen LogP contribution in [-0.4, -0.2) is 11.6 Å². The molecule has 2 saturated carbocycles. The number of hydrogen-bond acceptors (Lipinski definition) is 2. The van der Waals surface area contributed by atoms with Crippen molar-refractivity contribution in [1.29, 1.82) is 0 Å². The molecule has 2 rings (SSSR count). The quantitative estimate of drug-likeness (QED) is 0.492. The number of rotatable bonds is 9. The van der Waals surface area contributed by atoms with Crippen molar-refractivity contribution in [3.05, 3.63) is 0 Å². The maximum atomic E-state index is 11.7. The fraction of sp³-hybridized carbons (Fsp3) is 0.882. The van der Waals surface area contributed by atoms with Gasteiger partial charge in [-0.15, -0.1) is 0 Å². The van der Waals surface area contributed by atoms with Gasteiger partial charge in [-0.05, 0) is 43.9 Å². The van der Waals surface area contributed by atoms with Crippen molar-refractivity contribution < 1.29 is 4.79 Å². The molecule has 0 spiro atoms. The monoisotopic (exact) mass is 278 g/mol. The van der Waals surface area contributed by atoms with E-state index in [0.717, 1.165) is 18.8 Å². The maximum absolute atomic E-state index is 11.7. The van der Waals surface area contributed by atoms with E-state index in [1.54, 1.807) is 0 Å². The van der Waals surface area contributed by atoms with Crippen molar-refractivity contribution in [3.8, 4) is 0 Å². The summed E-state index contributed by atoms with van der Waals surface area (Å²) in [5.74, 6) is 1.64. The second kappa shape index (κ2) is 8.43. The Bertz CT molecular complexity index is 338. The molecule has 2 bridgehead atoms. The maximum Gasteiger partial charge on any atom is 0.240 e. The Morgan fingerprint density at radius 2 is 1.90 bits per heavy atom. The molecule has 2 atom stereocenters. The van der Waals surface area contributed by atoms with E-state index in [1.807, 2.05) is 0 Å². The van der Waals surface area contributed by atoms with Crippen LogP contribution in [0.2, 0.25) is 0 Å². The lowest BCUT2D eigenvalue weighted by Gasteiger charge is -2.11. The lowest BCUT2D eigenvalue weighted by molar-refractivity contribution is -0.121. The first-order valence-corrected chi connectivity index (χ1v) is 8.65. The number of amides is 1. The molecule has 0 saturated heterocycles. The average molecular weight is 278 g/mol. The minimum absolute atomic E-state index is 0.105. The summed E-state index contributed by atoms with van der Waals surface area (Å²) in [6, 6.07) is 0. The highest BCUT2D eigenvalue weighted by Crippen LogP contribution is 2.42. The summed E-state index contributed by atoms with van der Waals surface area (Å²) in [5, 5.41) is 4.36. The van der Waals surface area contributed by atoms with Gasteiger partial charge in [0.05, 0.1) is 0 Å². The summed E-state index contributed by atoms with van der Waals surface area (Å²) >= 11 is 0. The van der Waals surface area contributed by atoms with Crippen molar-refractivity contribution in [2.24, 2.45) is 16.9 Å². The normalized spacial score (nSPS) is 26.4. The van der Waals surface area contributed by atoms with Gasteiger partial charge in [0.1, 0.15) is 0 Å². The fourth-order valence-corrected chi connectivity index (χ4v) is 3.60. The summed E-state index contributed by atoms with van der Waals surface area (Å²) < 4.78 is 0. The van der Waals surface area contributed by atoms with Crippen molar-refractivity contribution in [2.45, 2.75) is 84.0 Å². The van der Waals surface area contributed by atoms with Crippen molar-refractivity contribution in [1.82, 2.24) is 5.43 Å². The number of unbranched alkanes of at least 4 members (excludes halogenated alkanes) is 6. The number of carbonyl (C=O) groups excluding carboxylic acids is 1. The fourth-order valence-electron chi connectivity index (χ4n) is 3.60. The number of carbonyl (C=O) groups is 1. The predicted octanol–water partition coefficient (Wildman–Crippen LogP) is 4.42. The van der Waals surface area contributed by atoms with Crippen LogP contribution in [0.3, 0.4) is 0 Å². The zero-order valence-corrected chi connectivity index (χ0v) is 13.0. The van der Waals surface area contributed by atoms with E-state index >= 15 is 0 Å². The SMILES string of the molecule is CCCCCCCCCC(=O)N/N=C1\CC2CCC1C2. The van der Waals surface area contributed by atoms with Gasteiger partial charge in [-0.25, -0.2) is 5.43 Å². The van der Waals surface area contributed by atoms with Crippen LogP contribution >= 0.6 is 0 Å². The van der Waals surface area contributed by atoms with E-state index in [1.165, 1.54) is 63.5 Å². The Morgan fingerprint density at radius 3 is 2.55 bits per heavy atom. The van der Waals surface area contributed by atoms with Crippen molar-refractivity contribution in [2.75, 3.05) is 0 Å². The molecule has 2 unspecified atom stereocenters. The summed E-state index contributed by atoms with van der Waals surface area (Å²) in [6.07, 6.45) is 14.5. The van der Waals surface area contributed by atoms with Gasteiger partial charge in [-0.1, -0.05) is 45.4 Å². The number of nitrogens with one attached hydrogen (secondary N) is 1. The van der Waals surface area contributed by atoms with Gasteiger partial charge in [-0.2, -0.15) is 5.10 Å². The highest BCUT2D eigenvalue weighted by Gasteiger charge is 2.36. The molecule has 2 aliphatic rings. The third-order valence-corrected chi connectivity index (χ3v) is 4.84. The molecule has 20 heavy (non-hydrogen) atoms. The van der Waals surface area contributed by atoms with Crippen LogP contribution in [0.1, 0.15) is 84.0 Å². The molecule has 0 aromatic rings. The first-order chi connectivity index (χ1) is 9.79. The molecule has 0 aromatic carbocycles. The standard InChI is InChI=1S/C17H30N2O/c1-2-3-4-5-6-7-8-9-17(20)19-18-16-13-14-10-11-15(16)12-14/h14-15H,2-13H2,1H3,(H,19,20)/b18-16+. The van der Waals surface area contributed by atoms with E-state index in [9.17, 15) is 4.79 Å². The average Bonchev–Trinajstić information content (AvgIpc) is 3.06. The topological polar surface area (TPSA) is 41.5 Å². The van der Waals surface area contributed by atoms with Crippen LogP contribution in [0.15, 0.2) is 5.10 Å². The Morgan fingerprint density at radius 1 is 1.15 bits per heavy atom. The molecule has 1 N–H and O–H groups in total. The predicted molar refractivity (Wildman–Crippen MR) is 83.6 cm³/mol. The van der Waals surface area contributed by atoms with Crippen LogP contribution < -0.4 is 5.43 Å². The van der Waals surface area contributed by atoms with Crippen LogP contribution in [0.4, 0.5) is 0 Å². The lowest BCUT2D eigenvalue weighted by Crippen LogP contribution is -2.21. The first-order valence-electron chi connectivity index (χ1n) is 8.65. The third kappa shape index (κ3) is 4.92. The number of nitrogens with zero attached hydrogens (tertiary/aromatic N) is 1. The van der Waals surface area contributed by atoms with E-state index < -0.39 is 0 Å². The van der Waals surface area contributed by atoms with Gasteiger partial charge in [0, 0.05) is 12.1 Å². The van der Waals surface area contributed by atoms with E-state index in [2.05, 4.69) is 17.5 Å². The van der Waals surface area contributed by atoms with Crippen LogP contribution in [0.5, 0.6) is 0 Å². The second-order valence-corrected chi connectivity index (χ2v) is 6.59. The van der Waals surface area contributed by atoms with Gasteiger partial charge in [0.15, 0.2) is 0 Å². The molecular weight excluding hydrogens is 248 g/mol. The highest BCUT2D eigenvalue weighted by atomic mass is 16.2. The molecule has 0 radical (unpaired) electrons. The summed E-state index contributed by atoms with van der Waals surface area (Å²) in [7, 11) is 0. The second-order valence-electron chi connectivity index (χ2n) is 6.59. The zero-order chi connectivity index (χ0) is 14.2. The lowest BCUT2D eigenvalue weighted by atomic mass is 9.99. The van der Waals surface area contributed by atoms with E-state index in [4.69, 9.17) is 0 Å². The first kappa shape index (κ1) is 15.5. The zero-order valence-electron chi connectivity index (χ0n) is 13.0. The molecule has 0 heterocycles. The van der Waals surface area contributed by atoms with Gasteiger partial charge < -0.3 is 0 Å². The Labute approximate surface area is 123 Å². The molecule has 2 fully saturated rings. The summed E-state index contributed by atoms with van der Waals surface area (Å²) in [5.41, 5.74) is 4.03. The molecule has 1 amide bonds. The summed E-state index contributed by atoms with van der Waals surface area (Å²) in [4.78, 5) is 11.7. The number of fused-ring (bicyclic) bond motifs is 2. The molecule has 3 nitrogen and oxygen atoms in total. The number of hydrogen-bond donors (Lipinski definition) is 1. The van der Waals surface area contributed by atoms with Crippen LogP contribution in [0.25, 0.3) is 0 Å².